The maximum absolute atomic E-state index is 14.3. The number of amidine groups is 1. The SMILES string of the molecule is CN1CC(C)(c2cc(Br)ccc2F)N=C(N)C(C)(C)S1(=O)=O. The van der Waals surface area contributed by atoms with Crippen LogP contribution in [-0.2, 0) is 15.6 Å². The molecule has 2 N–H and O–H groups in total. The zero-order valence-electron chi connectivity index (χ0n) is 12.9. The Morgan fingerprint density at radius 1 is 1.36 bits per heavy atom. The lowest BCUT2D eigenvalue weighted by Crippen LogP contribution is -2.50. The Morgan fingerprint density at radius 3 is 2.55 bits per heavy atom. The Bertz CT molecular complexity index is 748. The molecule has 1 aromatic rings. The van der Waals surface area contributed by atoms with Gasteiger partial charge in [0, 0.05) is 23.6 Å². The normalized spacial score (nSPS) is 28.0. The number of sulfonamides is 1. The van der Waals surface area contributed by atoms with E-state index in [2.05, 4.69) is 20.9 Å². The van der Waals surface area contributed by atoms with E-state index < -0.39 is 26.1 Å². The molecule has 0 aliphatic carbocycles. The first-order valence-electron chi connectivity index (χ1n) is 6.69. The van der Waals surface area contributed by atoms with Gasteiger partial charge >= 0.3 is 0 Å². The van der Waals surface area contributed by atoms with Crippen LogP contribution in [0.25, 0.3) is 0 Å². The predicted octanol–water partition coefficient (Wildman–Crippen LogP) is 2.21. The van der Waals surface area contributed by atoms with Gasteiger partial charge in [0.15, 0.2) is 0 Å². The minimum absolute atomic E-state index is 0.00678. The number of rotatable bonds is 1. The number of nitrogens with zero attached hydrogens (tertiary/aromatic N) is 2. The fourth-order valence-electron chi connectivity index (χ4n) is 2.53. The minimum atomic E-state index is -3.68. The lowest BCUT2D eigenvalue weighted by Gasteiger charge is -2.29. The lowest BCUT2D eigenvalue weighted by atomic mass is 9.91. The van der Waals surface area contributed by atoms with Gasteiger partial charge in [0.1, 0.15) is 21.9 Å². The zero-order valence-corrected chi connectivity index (χ0v) is 15.3. The van der Waals surface area contributed by atoms with Crippen molar-refractivity contribution >= 4 is 31.8 Å². The second-order valence-corrected chi connectivity index (χ2v) is 9.68. The summed E-state index contributed by atoms with van der Waals surface area (Å²) < 4.78 is 40.0. The van der Waals surface area contributed by atoms with Crippen molar-refractivity contribution in [3.05, 3.63) is 34.1 Å². The van der Waals surface area contributed by atoms with Gasteiger partial charge in [-0.15, -0.1) is 0 Å². The van der Waals surface area contributed by atoms with Gasteiger partial charge in [-0.1, -0.05) is 15.9 Å². The molecule has 0 saturated carbocycles. The molecule has 1 heterocycles. The fraction of sp³-hybridized carbons (Fsp3) is 0.500. The number of likely N-dealkylation sites (N-methyl/N-ethyl adjacent to an activating group) is 1. The molecule has 122 valence electrons. The molecular weight excluding hydrogens is 373 g/mol. The molecule has 1 atom stereocenters. The highest BCUT2D eigenvalue weighted by molar-refractivity contribution is 9.10. The van der Waals surface area contributed by atoms with Crippen LogP contribution in [0.2, 0.25) is 0 Å². The Morgan fingerprint density at radius 2 is 1.95 bits per heavy atom. The van der Waals surface area contributed by atoms with Gasteiger partial charge in [-0.05, 0) is 39.0 Å². The average Bonchev–Trinajstić information content (AvgIpc) is 2.43. The van der Waals surface area contributed by atoms with Crippen LogP contribution in [0.15, 0.2) is 27.7 Å². The van der Waals surface area contributed by atoms with Crippen molar-refractivity contribution in [3.8, 4) is 0 Å². The van der Waals surface area contributed by atoms with Crippen molar-refractivity contribution in [2.45, 2.75) is 31.1 Å². The van der Waals surface area contributed by atoms with Crippen LogP contribution in [0.3, 0.4) is 0 Å². The summed E-state index contributed by atoms with van der Waals surface area (Å²) in [7, 11) is -2.23. The molecule has 1 unspecified atom stereocenters. The molecular formula is C14H19BrFN3O2S. The number of aliphatic imine (C=N–C) groups is 1. The van der Waals surface area contributed by atoms with Crippen LogP contribution >= 0.6 is 15.9 Å². The fourth-order valence-corrected chi connectivity index (χ4v) is 4.40. The Labute approximate surface area is 138 Å². The van der Waals surface area contributed by atoms with Crippen LogP contribution in [0.5, 0.6) is 0 Å². The maximum Gasteiger partial charge on any atom is 0.226 e. The molecule has 0 bridgehead atoms. The van der Waals surface area contributed by atoms with Gasteiger partial charge in [-0.25, -0.2) is 17.1 Å². The van der Waals surface area contributed by atoms with Gasteiger partial charge in [-0.2, -0.15) is 0 Å². The summed E-state index contributed by atoms with van der Waals surface area (Å²) in [6.45, 7) is 4.69. The summed E-state index contributed by atoms with van der Waals surface area (Å²) in [6, 6.07) is 4.50. The molecule has 0 aromatic heterocycles. The van der Waals surface area contributed by atoms with Crippen molar-refractivity contribution in [3.63, 3.8) is 0 Å². The monoisotopic (exact) mass is 391 g/mol. The van der Waals surface area contributed by atoms with E-state index in [0.29, 0.717) is 10.0 Å². The number of benzene rings is 1. The topological polar surface area (TPSA) is 75.8 Å². The first kappa shape index (κ1) is 17.4. The molecule has 5 nitrogen and oxygen atoms in total. The van der Waals surface area contributed by atoms with Crippen LogP contribution in [0.1, 0.15) is 26.3 Å². The van der Waals surface area contributed by atoms with Gasteiger partial charge in [0.25, 0.3) is 0 Å². The number of hydrogen-bond donors (Lipinski definition) is 1. The Kier molecular flexibility index (Phi) is 4.17. The van der Waals surface area contributed by atoms with Crippen molar-refractivity contribution in [1.82, 2.24) is 4.31 Å². The summed E-state index contributed by atoms with van der Waals surface area (Å²) >= 11 is 3.30. The van der Waals surface area contributed by atoms with Crippen molar-refractivity contribution in [2.75, 3.05) is 13.6 Å². The molecule has 0 saturated heterocycles. The molecule has 2 rings (SSSR count). The van der Waals surface area contributed by atoms with E-state index in [1.54, 1.807) is 19.1 Å². The summed E-state index contributed by atoms with van der Waals surface area (Å²) in [4.78, 5) is 4.39. The second-order valence-electron chi connectivity index (χ2n) is 6.17. The maximum atomic E-state index is 14.3. The molecule has 1 aliphatic rings. The molecule has 0 amide bonds. The Hall–Kier alpha value is -0.990. The largest absolute Gasteiger partial charge is 0.386 e. The number of halogens is 2. The van der Waals surface area contributed by atoms with E-state index in [-0.39, 0.29) is 12.4 Å². The third-order valence-corrected chi connectivity index (χ3v) is 7.02. The van der Waals surface area contributed by atoms with Crippen LogP contribution < -0.4 is 5.73 Å². The standard InChI is InChI=1S/C14H19BrFN3O2S/c1-13(2)12(17)18-14(3,8-19(4)22(13,20)21)10-7-9(15)5-6-11(10)16/h5-7H,8H2,1-4H3,(H2,17,18). The third kappa shape index (κ3) is 2.57. The van der Waals surface area contributed by atoms with Gasteiger partial charge in [0.05, 0.1) is 0 Å². The van der Waals surface area contributed by atoms with Gasteiger partial charge in [0.2, 0.25) is 10.0 Å². The van der Waals surface area contributed by atoms with Crippen molar-refractivity contribution in [2.24, 2.45) is 10.7 Å². The van der Waals surface area contributed by atoms with Crippen LogP contribution in [0.4, 0.5) is 4.39 Å². The highest BCUT2D eigenvalue weighted by Gasteiger charge is 2.48. The molecule has 1 aromatic carbocycles. The lowest BCUT2D eigenvalue weighted by molar-refractivity contribution is 0.354. The van der Waals surface area contributed by atoms with E-state index in [1.807, 2.05) is 0 Å². The first-order valence-corrected chi connectivity index (χ1v) is 8.92. The van der Waals surface area contributed by atoms with Crippen LogP contribution in [0, 0.1) is 5.82 Å². The molecule has 0 radical (unpaired) electrons. The van der Waals surface area contributed by atoms with Crippen LogP contribution in [-0.4, -0.2) is 36.9 Å². The summed E-state index contributed by atoms with van der Waals surface area (Å²) in [5, 5.41) is 0. The predicted molar refractivity (Wildman–Crippen MR) is 88.7 cm³/mol. The molecule has 1 aliphatic heterocycles. The van der Waals surface area contributed by atoms with E-state index in [4.69, 9.17) is 5.73 Å². The smallest absolute Gasteiger partial charge is 0.226 e. The molecule has 0 spiro atoms. The van der Waals surface area contributed by atoms with Gasteiger partial charge in [-0.3, -0.25) is 4.99 Å². The zero-order chi connectivity index (χ0) is 16.9. The van der Waals surface area contributed by atoms with E-state index >= 15 is 0 Å². The molecule has 0 fully saturated rings. The Balaban J connectivity index is 2.71. The number of hydrogen-bond acceptors (Lipinski definition) is 4. The summed E-state index contributed by atoms with van der Waals surface area (Å²) in [5.41, 5.74) is 5.15. The summed E-state index contributed by atoms with van der Waals surface area (Å²) in [6.07, 6.45) is 0. The minimum Gasteiger partial charge on any atom is -0.386 e. The summed E-state index contributed by atoms with van der Waals surface area (Å²) in [5.74, 6) is -0.480. The highest BCUT2D eigenvalue weighted by Crippen LogP contribution is 2.36. The van der Waals surface area contributed by atoms with Crippen molar-refractivity contribution in [1.29, 1.82) is 0 Å². The van der Waals surface area contributed by atoms with E-state index in [1.165, 1.54) is 31.3 Å². The molecule has 22 heavy (non-hydrogen) atoms. The first-order chi connectivity index (χ1) is 9.92. The van der Waals surface area contributed by atoms with E-state index in [9.17, 15) is 12.8 Å². The van der Waals surface area contributed by atoms with Crippen molar-refractivity contribution < 1.29 is 12.8 Å². The quantitative estimate of drug-likeness (QED) is 0.796. The molecule has 8 heteroatoms. The number of nitrogens with two attached hydrogens (primary N) is 1. The third-order valence-electron chi connectivity index (χ3n) is 4.08. The highest BCUT2D eigenvalue weighted by atomic mass is 79.9. The average molecular weight is 392 g/mol. The second kappa shape index (κ2) is 5.28. The van der Waals surface area contributed by atoms with E-state index in [0.717, 1.165) is 0 Å². The van der Waals surface area contributed by atoms with Gasteiger partial charge < -0.3 is 5.73 Å².